The van der Waals surface area contributed by atoms with E-state index in [0.29, 0.717) is 0 Å². The summed E-state index contributed by atoms with van der Waals surface area (Å²) in [5, 5.41) is 4.71. The highest BCUT2D eigenvalue weighted by Gasteiger charge is 2.48. The molecule has 8 aromatic carbocycles. The van der Waals surface area contributed by atoms with Gasteiger partial charge < -0.3 is 13.9 Å². The monoisotopic (exact) mass is 664 g/mol. The van der Waals surface area contributed by atoms with Crippen LogP contribution in [0.4, 0.5) is 17.1 Å². The third-order valence-corrected chi connectivity index (χ3v) is 11.0. The molecule has 0 aliphatic carbocycles. The Balaban J connectivity index is 1.22. The number of para-hydroxylation sites is 6. The molecule has 0 radical (unpaired) electrons. The van der Waals surface area contributed by atoms with Crippen molar-refractivity contribution in [3.63, 3.8) is 0 Å². The summed E-state index contributed by atoms with van der Waals surface area (Å²) in [7, 11) is 0. The van der Waals surface area contributed by atoms with Crippen LogP contribution in [-0.2, 0) is 5.41 Å². The normalized spacial score (nSPS) is 13.5. The minimum atomic E-state index is -0.661. The highest BCUT2D eigenvalue weighted by molar-refractivity contribution is 6.11. The molecule has 3 nitrogen and oxygen atoms in total. The number of furan rings is 1. The summed E-state index contributed by atoms with van der Waals surface area (Å²) < 4.78 is 9.21. The van der Waals surface area contributed by atoms with E-state index >= 15 is 0 Å². The molecule has 52 heavy (non-hydrogen) atoms. The van der Waals surface area contributed by atoms with Gasteiger partial charge in [0.05, 0.1) is 27.8 Å². The van der Waals surface area contributed by atoms with E-state index in [4.69, 9.17) is 4.42 Å². The highest BCUT2D eigenvalue weighted by atomic mass is 16.3. The second-order valence-corrected chi connectivity index (χ2v) is 13.7. The summed E-state index contributed by atoms with van der Waals surface area (Å²) in [6, 6.07) is 70.2. The van der Waals surface area contributed by atoms with Crippen LogP contribution in [0.15, 0.2) is 199 Å². The van der Waals surface area contributed by atoms with E-state index in [1.165, 1.54) is 38.5 Å². The number of aromatic nitrogens is 1. The molecule has 0 N–H and O–H groups in total. The molecule has 0 spiro atoms. The zero-order chi connectivity index (χ0) is 34.2. The molecule has 0 atom stereocenters. The van der Waals surface area contributed by atoms with Crippen LogP contribution >= 0.6 is 0 Å². The quantitative estimate of drug-likeness (QED) is 0.187. The molecular weight excluding hydrogens is 633 g/mol. The van der Waals surface area contributed by atoms with Crippen LogP contribution in [0, 0.1) is 0 Å². The molecule has 1 aliphatic rings. The van der Waals surface area contributed by atoms with Crippen molar-refractivity contribution in [3.05, 3.63) is 216 Å². The Labute approximate surface area is 301 Å². The van der Waals surface area contributed by atoms with Crippen molar-refractivity contribution in [2.75, 3.05) is 4.90 Å². The fourth-order valence-corrected chi connectivity index (χ4v) is 8.97. The Morgan fingerprint density at radius 3 is 1.73 bits per heavy atom. The molecule has 2 aromatic heterocycles. The van der Waals surface area contributed by atoms with Crippen molar-refractivity contribution in [2.24, 2.45) is 0 Å². The van der Waals surface area contributed by atoms with Crippen LogP contribution in [0.25, 0.3) is 49.4 Å². The molecule has 0 unspecified atom stereocenters. The molecule has 244 valence electrons. The Morgan fingerprint density at radius 1 is 0.385 bits per heavy atom. The Hall–Kier alpha value is -6.84. The van der Waals surface area contributed by atoms with Crippen LogP contribution < -0.4 is 4.90 Å². The minimum absolute atomic E-state index is 0.661. The zero-order valence-corrected chi connectivity index (χ0v) is 28.3. The third kappa shape index (κ3) is 3.91. The van der Waals surface area contributed by atoms with Gasteiger partial charge in [-0.1, -0.05) is 140 Å². The highest BCUT2D eigenvalue weighted by Crippen LogP contribution is 2.59. The second-order valence-electron chi connectivity index (χ2n) is 13.7. The molecule has 0 bridgehead atoms. The average molecular weight is 665 g/mol. The summed E-state index contributed by atoms with van der Waals surface area (Å²) >= 11 is 0. The molecule has 0 saturated carbocycles. The first kappa shape index (κ1) is 28.9. The Kier molecular flexibility index (Phi) is 6.17. The van der Waals surface area contributed by atoms with Gasteiger partial charge >= 0.3 is 0 Å². The number of fused-ring (bicyclic) bond motifs is 8. The zero-order valence-electron chi connectivity index (χ0n) is 28.3. The fourth-order valence-electron chi connectivity index (χ4n) is 8.97. The summed E-state index contributed by atoms with van der Waals surface area (Å²) in [5.41, 5.74) is 12.8. The molecule has 3 heterocycles. The van der Waals surface area contributed by atoms with Crippen LogP contribution in [-0.4, -0.2) is 4.57 Å². The van der Waals surface area contributed by atoms with E-state index in [9.17, 15) is 0 Å². The summed E-state index contributed by atoms with van der Waals surface area (Å²) in [4.78, 5) is 2.46. The van der Waals surface area contributed by atoms with Crippen molar-refractivity contribution < 1.29 is 4.42 Å². The molecule has 1 aliphatic heterocycles. The van der Waals surface area contributed by atoms with Gasteiger partial charge in [-0.3, -0.25) is 0 Å². The maximum Gasteiger partial charge on any atom is 0.140 e. The molecule has 3 heteroatoms. The van der Waals surface area contributed by atoms with Gasteiger partial charge in [-0.25, -0.2) is 0 Å². The second kappa shape index (κ2) is 11.1. The van der Waals surface area contributed by atoms with Gasteiger partial charge in [0.15, 0.2) is 0 Å². The number of anilines is 3. The lowest BCUT2D eigenvalue weighted by molar-refractivity contribution is 0.643. The molecule has 10 aromatic rings. The van der Waals surface area contributed by atoms with Crippen molar-refractivity contribution in [2.45, 2.75) is 5.41 Å². The lowest BCUT2D eigenvalue weighted by Crippen LogP contribution is -2.37. The first-order chi connectivity index (χ1) is 25.8. The van der Waals surface area contributed by atoms with Gasteiger partial charge in [-0.05, 0) is 71.3 Å². The summed E-state index contributed by atoms with van der Waals surface area (Å²) in [6.45, 7) is 0. The molecule has 0 amide bonds. The van der Waals surface area contributed by atoms with Gasteiger partial charge in [0.2, 0.25) is 0 Å². The smallest absolute Gasteiger partial charge is 0.140 e. The van der Waals surface area contributed by atoms with Crippen LogP contribution in [0.1, 0.15) is 22.3 Å². The van der Waals surface area contributed by atoms with Crippen molar-refractivity contribution in [1.29, 1.82) is 0 Å². The number of benzene rings is 8. The van der Waals surface area contributed by atoms with Gasteiger partial charge in [0, 0.05) is 38.5 Å². The van der Waals surface area contributed by atoms with Crippen LogP contribution in [0.3, 0.4) is 0 Å². The van der Waals surface area contributed by atoms with E-state index in [2.05, 4.69) is 204 Å². The predicted octanol–water partition coefficient (Wildman–Crippen LogP) is 12.8. The first-order valence-electron chi connectivity index (χ1n) is 17.9. The largest absolute Gasteiger partial charge is 0.456 e. The number of nitrogens with zero attached hydrogens (tertiary/aromatic N) is 2. The number of rotatable bonds is 4. The predicted molar refractivity (Wildman–Crippen MR) is 215 cm³/mol. The molecule has 0 fully saturated rings. The van der Waals surface area contributed by atoms with E-state index in [-0.39, 0.29) is 0 Å². The van der Waals surface area contributed by atoms with Crippen LogP contribution in [0.5, 0.6) is 0 Å². The number of hydrogen-bond donors (Lipinski definition) is 0. The maximum atomic E-state index is 6.84. The average Bonchev–Trinajstić information content (AvgIpc) is 3.76. The van der Waals surface area contributed by atoms with Crippen molar-refractivity contribution >= 4 is 60.8 Å². The number of hydrogen-bond acceptors (Lipinski definition) is 2. The van der Waals surface area contributed by atoms with E-state index in [1.807, 2.05) is 0 Å². The summed E-state index contributed by atoms with van der Waals surface area (Å²) in [6.07, 6.45) is 0. The fraction of sp³-hybridized carbons (Fsp3) is 0.0204. The van der Waals surface area contributed by atoms with E-state index in [1.54, 1.807) is 0 Å². The SMILES string of the molecule is c1ccc(-n2c3ccccc3c3cc(N4c5ccccc5C(c5ccccc5)(c5cccc6c5oc5ccccc56)c5ccccc54)ccc32)cc1. The standard InChI is InChI=1S/C49H32N2O/c1-3-16-33(17-4-1)49(42-25-15-22-38-37-21-8-14-29-47(37)52-48(38)42)40-23-9-12-27-45(40)51(46-28-13-10-24-41(46)49)35-30-31-44-39(32-35)36-20-7-11-26-43(36)50(44)34-18-5-2-6-19-34/h1-32H. The van der Waals surface area contributed by atoms with Crippen molar-refractivity contribution in [3.8, 4) is 5.69 Å². The van der Waals surface area contributed by atoms with Crippen molar-refractivity contribution in [1.82, 2.24) is 4.57 Å². The lowest BCUT2D eigenvalue weighted by atomic mass is 9.62. The summed E-state index contributed by atoms with van der Waals surface area (Å²) in [5.74, 6) is 0. The first-order valence-corrected chi connectivity index (χ1v) is 17.9. The topological polar surface area (TPSA) is 21.3 Å². The van der Waals surface area contributed by atoms with Gasteiger partial charge in [0.1, 0.15) is 11.2 Å². The molecule has 0 saturated heterocycles. The third-order valence-electron chi connectivity index (χ3n) is 11.0. The van der Waals surface area contributed by atoms with E-state index < -0.39 is 5.41 Å². The minimum Gasteiger partial charge on any atom is -0.456 e. The van der Waals surface area contributed by atoms with Gasteiger partial charge in [0.25, 0.3) is 0 Å². The molecular formula is C49H32N2O. The lowest BCUT2D eigenvalue weighted by Gasteiger charge is -2.46. The van der Waals surface area contributed by atoms with Gasteiger partial charge in [-0.15, -0.1) is 0 Å². The molecule has 11 rings (SSSR count). The van der Waals surface area contributed by atoms with Crippen LogP contribution in [0.2, 0.25) is 0 Å². The Morgan fingerprint density at radius 2 is 0.962 bits per heavy atom. The maximum absolute atomic E-state index is 6.84. The van der Waals surface area contributed by atoms with Gasteiger partial charge in [-0.2, -0.15) is 0 Å². The van der Waals surface area contributed by atoms with E-state index in [0.717, 1.165) is 50.3 Å². The Bertz CT molecular complexity index is 2920.